The van der Waals surface area contributed by atoms with E-state index < -0.39 is 11.2 Å². The zero-order valence-electron chi connectivity index (χ0n) is 29.3. The maximum absolute atomic E-state index is 12.3. The molecule has 0 aliphatic rings. The number of unbranched alkanes of at least 4 members (excludes halogenated alkanes) is 14. The lowest BCUT2D eigenvalue weighted by molar-refractivity contribution is -0.381. The molecule has 47 heavy (non-hydrogen) atoms. The molecule has 0 aliphatic heterocycles. The molecule has 0 saturated carbocycles. The number of hydrogen-bond donors (Lipinski definition) is 0. The van der Waals surface area contributed by atoms with Crippen LogP contribution in [0.4, 0.5) is 0 Å². The van der Waals surface area contributed by atoms with Gasteiger partial charge in [-0.05, 0) is 37.0 Å². The molecule has 0 aromatic heterocycles. The molecule has 3 rings (SSSR count). The minimum atomic E-state index is -1.01. The monoisotopic (exact) mass is 638 g/mol. The summed E-state index contributed by atoms with van der Waals surface area (Å²) >= 11 is 0. The molecule has 0 atom stereocenters. The molecule has 254 valence electrons. The van der Waals surface area contributed by atoms with Gasteiger partial charge in [-0.1, -0.05) is 200 Å². The summed E-state index contributed by atoms with van der Waals surface area (Å²) in [6.45, 7) is 6.01. The van der Waals surface area contributed by atoms with Gasteiger partial charge in [0.05, 0.1) is 0 Å². The number of carbonyl (C=O) groups excluding carboxylic acids is 1. The molecule has 0 bridgehead atoms. The number of ether oxygens (including phenoxy) is 1. The average molecular weight is 639 g/mol. The van der Waals surface area contributed by atoms with Crippen LogP contribution in [0, 0.1) is 11.8 Å². The molecule has 4 heteroatoms. The summed E-state index contributed by atoms with van der Waals surface area (Å²) in [4.78, 5) is 24.9. The Morgan fingerprint density at radius 2 is 0.936 bits per heavy atom. The predicted octanol–water partition coefficient (Wildman–Crippen LogP) is 11.5. The molecule has 0 unspecified atom stereocenters. The largest absolute Gasteiger partial charge is 0.452 e. The zero-order chi connectivity index (χ0) is 33.5. The van der Waals surface area contributed by atoms with Crippen LogP contribution >= 0.6 is 0 Å². The van der Waals surface area contributed by atoms with E-state index in [4.69, 9.17) is 14.5 Å². The van der Waals surface area contributed by atoms with Crippen molar-refractivity contribution in [1.29, 1.82) is 0 Å². The Morgan fingerprint density at radius 1 is 0.553 bits per heavy atom. The standard InChI is InChI=1S/C43H58O4/c1-4-5-6-7-8-9-10-11-12-13-14-15-16-17-27-35-41(44)45-37-28-36-42(2,3)46-47-43(38-29-21-18-22-30-38,39-31-23-19-24-32-39)40-33-25-20-26-34-40/h18-26,29-34H,4-17,27,35,37H2,1-3H3. The topological polar surface area (TPSA) is 44.8 Å². The quantitative estimate of drug-likeness (QED) is 0.0259. The summed E-state index contributed by atoms with van der Waals surface area (Å²) in [7, 11) is 0. The first kappa shape index (κ1) is 38.1. The molecule has 0 radical (unpaired) electrons. The first-order valence-corrected chi connectivity index (χ1v) is 18.2. The van der Waals surface area contributed by atoms with Crippen molar-refractivity contribution in [2.75, 3.05) is 6.61 Å². The van der Waals surface area contributed by atoms with Crippen molar-refractivity contribution in [2.45, 2.75) is 135 Å². The third-order valence-corrected chi connectivity index (χ3v) is 8.60. The fourth-order valence-electron chi connectivity index (χ4n) is 5.93. The van der Waals surface area contributed by atoms with Gasteiger partial charge in [0.2, 0.25) is 0 Å². The fraction of sp³-hybridized carbons (Fsp3) is 0.512. The third-order valence-electron chi connectivity index (χ3n) is 8.60. The summed E-state index contributed by atoms with van der Waals surface area (Å²) in [5, 5.41) is 0. The van der Waals surface area contributed by atoms with Gasteiger partial charge in [0.1, 0.15) is 0 Å². The molecule has 0 heterocycles. The molecule has 0 fully saturated rings. The van der Waals surface area contributed by atoms with Crippen LogP contribution in [0.3, 0.4) is 0 Å². The number of esters is 1. The van der Waals surface area contributed by atoms with Crippen molar-refractivity contribution in [3.63, 3.8) is 0 Å². The summed E-state index contributed by atoms with van der Waals surface area (Å²) < 4.78 is 5.40. The van der Waals surface area contributed by atoms with E-state index in [9.17, 15) is 4.79 Å². The number of hydrogen-bond acceptors (Lipinski definition) is 4. The van der Waals surface area contributed by atoms with E-state index in [0.29, 0.717) is 6.42 Å². The predicted molar refractivity (Wildman–Crippen MR) is 194 cm³/mol. The second-order valence-corrected chi connectivity index (χ2v) is 13.1. The minimum Gasteiger partial charge on any atom is -0.452 e. The molecule has 0 aliphatic carbocycles. The zero-order valence-corrected chi connectivity index (χ0v) is 29.3. The lowest BCUT2D eigenvalue weighted by atomic mass is 9.80. The van der Waals surface area contributed by atoms with Gasteiger partial charge in [-0.15, -0.1) is 0 Å². The molecule has 0 spiro atoms. The Kier molecular flexibility index (Phi) is 18.0. The highest BCUT2D eigenvalue weighted by molar-refractivity contribution is 5.69. The third kappa shape index (κ3) is 14.1. The number of rotatable bonds is 23. The lowest BCUT2D eigenvalue weighted by Gasteiger charge is -2.36. The van der Waals surface area contributed by atoms with E-state index in [2.05, 4.69) is 18.8 Å². The SMILES string of the molecule is CCCCCCCCCCCCCCCCCC(=O)OCC#CC(C)(C)OOC(c1ccccc1)(c1ccccc1)c1ccccc1. The smallest absolute Gasteiger partial charge is 0.306 e. The summed E-state index contributed by atoms with van der Waals surface area (Å²) in [6, 6.07) is 30.2. The normalized spacial score (nSPS) is 11.6. The Morgan fingerprint density at radius 3 is 1.34 bits per heavy atom. The Hall–Kier alpha value is -3.39. The van der Waals surface area contributed by atoms with Crippen LogP contribution in [0.5, 0.6) is 0 Å². The van der Waals surface area contributed by atoms with Gasteiger partial charge in [0, 0.05) is 6.42 Å². The van der Waals surface area contributed by atoms with E-state index in [0.717, 1.165) is 29.5 Å². The summed E-state index contributed by atoms with van der Waals surface area (Å²) in [5.41, 5.74) is 0.851. The van der Waals surface area contributed by atoms with E-state index in [1.807, 2.05) is 105 Å². The highest BCUT2D eigenvalue weighted by atomic mass is 17.2. The van der Waals surface area contributed by atoms with E-state index in [1.165, 1.54) is 83.5 Å². The molecule has 3 aromatic rings. The van der Waals surface area contributed by atoms with Gasteiger partial charge >= 0.3 is 5.97 Å². The van der Waals surface area contributed by atoms with Crippen LogP contribution in [0.1, 0.15) is 140 Å². The molecule has 0 N–H and O–H groups in total. The number of benzene rings is 3. The second-order valence-electron chi connectivity index (χ2n) is 13.1. The minimum absolute atomic E-state index is 0.0333. The van der Waals surface area contributed by atoms with E-state index in [1.54, 1.807) is 0 Å². The Labute approximate surface area is 285 Å². The van der Waals surface area contributed by atoms with Crippen LogP contribution in [0.2, 0.25) is 0 Å². The van der Waals surface area contributed by atoms with Crippen molar-refractivity contribution in [2.24, 2.45) is 0 Å². The van der Waals surface area contributed by atoms with Gasteiger partial charge in [0.25, 0.3) is 0 Å². The highest BCUT2D eigenvalue weighted by Crippen LogP contribution is 2.41. The van der Waals surface area contributed by atoms with Crippen molar-refractivity contribution in [1.82, 2.24) is 0 Å². The van der Waals surface area contributed by atoms with E-state index in [-0.39, 0.29) is 12.6 Å². The first-order valence-electron chi connectivity index (χ1n) is 18.2. The van der Waals surface area contributed by atoms with Crippen molar-refractivity contribution in [3.05, 3.63) is 108 Å². The van der Waals surface area contributed by atoms with E-state index >= 15 is 0 Å². The Bertz CT molecular complexity index is 1190. The van der Waals surface area contributed by atoms with Crippen LogP contribution < -0.4 is 0 Å². The van der Waals surface area contributed by atoms with Gasteiger partial charge in [0.15, 0.2) is 17.8 Å². The molecular formula is C43H58O4. The average Bonchev–Trinajstić information content (AvgIpc) is 3.10. The van der Waals surface area contributed by atoms with Gasteiger partial charge in [-0.3, -0.25) is 4.79 Å². The molecular weight excluding hydrogens is 580 g/mol. The second kappa shape index (κ2) is 22.2. The summed E-state index contributed by atoms with van der Waals surface area (Å²) in [5.74, 6) is 5.86. The molecule has 0 saturated heterocycles. The van der Waals surface area contributed by atoms with Crippen molar-refractivity contribution in [3.8, 4) is 11.8 Å². The maximum atomic E-state index is 12.3. The van der Waals surface area contributed by atoms with Crippen molar-refractivity contribution >= 4 is 5.97 Å². The Balaban J connectivity index is 1.38. The van der Waals surface area contributed by atoms with Crippen LogP contribution in [-0.4, -0.2) is 18.2 Å². The molecule has 0 amide bonds. The molecule has 3 aromatic carbocycles. The van der Waals surface area contributed by atoms with Crippen LogP contribution in [-0.2, 0) is 24.9 Å². The van der Waals surface area contributed by atoms with Gasteiger partial charge in [-0.25, -0.2) is 9.78 Å². The maximum Gasteiger partial charge on any atom is 0.306 e. The molecule has 4 nitrogen and oxygen atoms in total. The van der Waals surface area contributed by atoms with Crippen LogP contribution in [0.15, 0.2) is 91.0 Å². The van der Waals surface area contributed by atoms with Gasteiger partial charge in [-0.2, -0.15) is 0 Å². The highest BCUT2D eigenvalue weighted by Gasteiger charge is 2.40. The van der Waals surface area contributed by atoms with Crippen molar-refractivity contribution < 1.29 is 19.3 Å². The van der Waals surface area contributed by atoms with Crippen LogP contribution in [0.25, 0.3) is 0 Å². The lowest BCUT2D eigenvalue weighted by Crippen LogP contribution is -2.36. The fourth-order valence-corrected chi connectivity index (χ4v) is 5.93. The van der Waals surface area contributed by atoms with Gasteiger partial charge < -0.3 is 4.74 Å². The first-order chi connectivity index (χ1) is 23.0. The number of carbonyl (C=O) groups is 1. The summed E-state index contributed by atoms with van der Waals surface area (Å²) in [6.07, 6.45) is 20.0.